The van der Waals surface area contributed by atoms with E-state index in [1.165, 1.54) is 0 Å². The van der Waals surface area contributed by atoms with Crippen LogP contribution in [0.1, 0.15) is 42.9 Å². The summed E-state index contributed by atoms with van der Waals surface area (Å²) in [6.45, 7) is 1.22. The van der Waals surface area contributed by atoms with Gasteiger partial charge < -0.3 is 0 Å². The molecule has 1 fully saturated rings. The van der Waals surface area contributed by atoms with Crippen LogP contribution < -0.4 is 4.72 Å². The highest BCUT2D eigenvalue weighted by Crippen LogP contribution is 2.35. The molecule has 21 heavy (non-hydrogen) atoms. The molecule has 0 radical (unpaired) electrons. The Morgan fingerprint density at radius 1 is 1.10 bits per heavy atom. The molecule has 0 amide bonds. The van der Waals surface area contributed by atoms with Crippen molar-refractivity contribution in [3.05, 3.63) is 35.4 Å². The molecule has 2 unspecified atom stereocenters. The highest BCUT2D eigenvalue weighted by atomic mass is 35.5. The molecule has 1 aromatic rings. The number of hydrogen-bond acceptors (Lipinski definition) is 2. The summed E-state index contributed by atoms with van der Waals surface area (Å²) in [6, 6.07) is 7.56. The average molecular weight is 329 g/mol. The first-order valence-electron chi connectivity index (χ1n) is 7.57. The number of nitrogens with zero attached hydrogens (tertiary/aromatic N) is 1. The van der Waals surface area contributed by atoms with Crippen LogP contribution in [0.15, 0.2) is 24.3 Å². The second kappa shape index (κ2) is 6.24. The first-order valence-corrected chi connectivity index (χ1v) is 9.45. The molecule has 1 N–H and O–H groups in total. The molecule has 1 saturated heterocycles. The Morgan fingerprint density at radius 3 is 2.48 bits per heavy atom. The van der Waals surface area contributed by atoms with Crippen LogP contribution in [0.5, 0.6) is 0 Å². The van der Waals surface area contributed by atoms with E-state index in [1.54, 1.807) is 4.31 Å². The maximum Gasteiger partial charge on any atom is 0.280 e. The molecule has 116 valence electrons. The van der Waals surface area contributed by atoms with Gasteiger partial charge in [-0.1, -0.05) is 37.1 Å². The molecule has 0 spiro atoms. The largest absolute Gasteiger partial charge is 0.280 e. The quantitative estimate of drug-likeness (QED) is 0.867. The summed E-state index contributed by atoms with van der Waals surface area (Å²) >= 11 is 6.38. The molecule has 3 rings (SSSR count). The molecule has 6 heteroatoms. The summed E-state index contributed by atoms with van der Waals surface area (Å²) in [5, 5.41) is -0.218. The van der Waals surface area contributed by atoms with Crippen molar-refractivity contribution in [2.45, 2.75) is 43.5 Å². The normalized spacial score (nSPS) is 27.3. The number of hydrogen-bond donors (Lipinski definition) is 1. The third-order valence-electron chi connectivity index (χ3n) is 4.35. The van der Waals surface area contributed by atoms with Crippen molar-refractivity contribution in [3.8, 4) is 0 Å². The van der Waals surface area contributed by atoms with Crippen LogP contribution in [0.25, 0.3) is 0 Å². The molecule has 4 nitrogen and oxygen atoms in total. The lowest BCUT2D eigenvalue weighted by molar-refractivity contribution is 0.408. The van der Waals surface area contributed by atoms with E-state index in [4.69, 9.17) is 11.6 Å². The van der Waals surface area contributed by atoms with Crippen molar-refractivity contribution >= 4 is 21.8 Å². The SMILES string of the molecule is O=S(=O)(NC1c2ccccc2CC1Cl)N1CCCCCC1. The first kappa shape index (κ1) is 15.3. The number of benzene rings is 1. The standard InChI is InChI=1S/C15H21ClN2O2S/c16-14-11-12-7-3-4-8-13(12)15(14)17-21(19,20)18-9-5-1-2-6-10-18/h3-4,7-8,14-15,17H,1-2,5-6,9-11H2. The van der Waals surface area contributed by atoms with Crippen LogP contribution in [0, 0.1) is 0 Å². The van der Waals surface area contributed by atoms with Crippen molar-refractivity contribution in [1.29, 1.82) is 0 Å². The summed E-state index contributed by atoms with van der Waals surface area (Å²) in [6.07, 6.45) is 4.80. The zero-order valence-corrected chi connectivity index (χ0v) is 13.5. The van der Waals surface area contributed by atoms with Gasteiger partial charge in [-0.2, -0.15) is 17.4 Å². The molecule has 0 bridgehead atoms. The Morgan fingerprint density at radius 2 is 1.76 bits per heavy atom. The van der Waals surface area contributed by atoms with Gasteiger partial charge in [0.1, 0.15) is 0 Å². The lowest BCUT2D eigenvalue weighted by Crippen LogP contribution is -2.44. The summed E-state index contributed by atoms with van der Waals surface area (Å²) in [4.78, 5) is 0. The van der Waals surface area contributed by atoms with Gasteiger partial charge >= 0.3 is 0 Å². The van der Waals surface area contributed by atoms with Crippen molar-refractivity contribution in [1.82, 2.24) is 9.03 Å². The molecule has 2 atom stereocenters. The summed E-state index contributed by atoms with van der Waals surface area (Å²) in [5.41, 5.74) is 2.15. The second-order valence-corrected chi connectivity index (χ2v) is 8.10. The monoisotopic (exact) mass is 328 g/mol. The van der Waals surface area contributed by atoms with Gasteiger partial charge in [0.25, 0.3) is 10.2 Å². The van der Waals surface area contributed by atoms with E-state index in [9.17, 15) is 8.42 Å². The van der Waals surface area contributed by atoms with Crippen molar-refractivity contribution in [3.63, 3.8) is 0 Å². The molecular weight excluding hydrogens is 308 g/mol. The minimum Gasteiger partial charge on any atom is -0.195 e. The van der Waals surface area contributed by atoms with Crippen LogP contribution in [0.2, 0.25) is 0 Å². The Balaban J connectivity index is 1.79. The zero-order chi connectivity index (χ0) is 14.9. The van der Waals surface area contributed by atoms with Crippen molar-refractivity contribution < 1.29 is 8.42 Å². The third-order valence-corrected chi connectivity index (χ3v) is 6.35. The number of alkyl halides is 1. The fourth-order valence-corrected chi connectivity index (χ4v) is 5.14. The van der Waals surface area contributed by atoms with Gasteiger partial charge in [0.2, 0.25) is 0 Å². The molecule has 0 saturated carbocycles. The smallest absolute Gasteiger partial charge is 0.195 e. The van der Waals surface area contributed by atoms with Crippen LogP contribution in [0.3, 0.4) is 0 Å². The maximum atomic E-state index is 12.6. The van der Waals surface area contributed by atoms with Gasteiger partial charge in [0, 0.05) is 13.1 Å². The molecule has 1 aromatic carbocycles. The second-order valence-electron chi connectivity index (χ2n) is 5.83. The highest BCUT2D eigenvalue weighted by Gasteiger charge is 2.35. The molecule has 2 aliphatic rings. The lowest BCUT2D eigenvalue weighted by atomic mass is 10.1. The van der Waals surface area contributed by atoms with Crippen molar-refractivity contribution in [2.24, 2.45) is 0 Å². The minimum absolute atomic E-state index is 0.218. The molecule has 1 aliphatic heterocycles. The molecule has 1 aliphatic carbocycles. The molecule has 0 aromatic heterocycles. The predicted molar refractivity (Wildman–Crippen MR) is 84.6 cm³/mol. The number of halogens is 1. The van der Waals surface area contributed by atoms with E-state index in [0.29, 0.717) is 19.5 Å². The number of fused-ring (bicyclic) bond motifs is 1. The van der Waals surface area contributed by atoms with Gasteiger partial charge in [-0.15, -0.1) is 11.6 Å². The topological polar surface area (TPSA) is 49.4 Å². The Kier molecular flexibility index (Phi) is 4.54. The van der Waals surface area contributed by atoms with E-state index < -0.39 is 10.2 Å². The first-order chi connectivity index (χ1) is 10.1. The maximum absolute atomic E-state index is 12.6. The molecule has 1 heterocycles. The van der Waals surface area contributed by atoms with E-state index >= 15 is 0 Å². The Bertz CT molecular complexity index is 597. The third kappa shape index (κ3) is 3.26. The van der Waals surface area contributed by atoms with Crippen LogP contribution in [-0.2, 0) is 16.6 Å². The van der Waals surface area contributed by atoms with Gasteiger partial charge in [-0.05, 0) is 30.4 Å². The van der Waals surface area contributed by atoms with Crippen LogP contribution >= 0.6 is 11.6 Å². The van der Waals surface area contributed by atoms with E-state index in [1.807, 2.05) is 24.3 Å². The van der Waals surface area contributed by atoms with Gasteiger partial charge in [0.15, 0.2) is 0 Å². The van der Waals surface area contributed by atoms with Crippen LogP contribution in [0.4, 0.5) is 0 Å². The fraction of sp³-hybridized carbons (Fsp3) is 0.600. The minimum atomic E-state index is -3.47. The van der Waals surface area contributed by atoms with E-state index in [-0.39, 0.29) is 11.4 Å². The summed E-state index contributed by atoms with van der Waals surface area (Å²) in [5.74, 6) is 0. The predicted octanol–water partition coefficient (Wildman–Crippen LogP) is 2.60. The van der Waals surface area contributed by atoms with Crippen molar-refractivity contribution in [2.75, 3.05) is 13.1 Å². The highest BCUT2D eigenvalue weighted by molar-refractivity contribution is 7.87. The van der Waals surface area contributed by atoms with Gasteiger partial charge in [-0.25, -0.2) is 0 Å². The fourth-order valence-electron chi connectivity index (χ4n) is 3.20. The Hall–Kier alpha value is -0.620. The van der Waals surface area contributed by atoms with Crippen LogP contribution in [-0.4, -0.2) is 31.2 Å². The lowest BCUT2D eigenvalue weighted by Gasteiger charge is -2.24. The van der Waals surface area contributed by atoms with Gasteiger partial charge in [0.05, 0.1) is 11.4 Å². The zero-order valence-electron chi connectivity index (χ0n) is 12.0. The van der Waals surface area contributed by atoms with E-state index in [2.05, 4.69) is 4.72 Å². The average Bonchev–Trinajstić information content (AvgIpc) is 2.67. The number of rotatable bonds is 3. The summed E-state index contributed by atoms with van der Waals surface area (Å²) < 4.78 is 29.6. The number of nitrogens with one attached hydrogen (secondary N) is 1. The molecular formula is C15H21ClN2O2S. The van der Waals surface area contributed by atoms with E-state index in [0.717, 1.165) is 36.8 Å². The summed E-state index contributed by atoms with van der Waals surface area (Å²) in [7, 11) is -3.47. The Labute approximate surface area is 131 Å². The van der Waals surface area contributed by atoms with Gasteiger partial charge in [-0.3, -0.25) is 0 Å².